The van der Waals surface area contributed by atoms with Gasteiger partial charge in [-0.3, -0.25) is 4.79 Å². The second-order valence-corrected chi connectivity index (χ2v) is 4.37. The van der Waals surface area contributed by atoms with Crippen molar-refractivity contribution in [1.82, 2.24) is 4.98 Å². The van der Waals surface area contributed by atoms with E-state index in [-0.39, 0.29) is 12.5 Å². The lowest BCUT2D eigenvalue weighted by atomic mass is 10.2. The molecule has 3 N–H and O–H groups in total. The van der Waals surface area contributed by atoms with E-state index in [1.807, 2.05) is 11.0 Å². The molecular weight excluding hydrogens is 230 g/mol. The summed E-state index contributed by atoms with van der Waals surface area (Å²) >= 11 is 0. The maximum absolute atomic E-state index is 11.0. The van der Waals surface area contributed by atoms with Crippen LogP contribution in [0.5, 0.6) is 0 Å². The second-order valence-electron chi connectivity index (χ2n) is 4.37. The minimum absolute atomic E-state index is 0.168. The Balaban J connectivity index is 2.80. The van der Waals surface area contributed by atoms with Gasteiger partial charge >= 0.3 is 0 Å². The molecular formula is C13H21N3O2. The number of anilines is 1. The van der Waals surface area contributed by atoms with Crippen molar-refractivity contribution in [2.45, 2.75) is 32.8 Å². The average Bonchev–Trinajstić information content (AvgIpc) is 2.34. The first kappa shape index (κ1) is 14.4. The standard InChI is InChI=1S/C13H21N3O2/c1-3-4-7-16(9-12(14)18)13-6-5-11(8-15-13)10(2)17/h5-6,8,10,17H,3-4,7,9H2,1-2H3,(H2,14,18)/t10-/m1/s1. The molecule has 1 aromatic heterocycles. The predicted molar refractivity (Wildman–Crippen MR) is 71.2 cm³/mol. The predicted octanol–water partition coefficient (Wildman–Crippen LogP) is 1.23. The molecule has 0 aliphatic heterocycles. The Labute approximate surface area is 108 Å². The lowest BCUT2D eigenvalue weighted by Gasteiger charge is -2.22. The minimum atomic E-state index is -0.535. The van der Waals surface area contributed by atoms with Crippen molar-refractivity contribution in [2.24, 2.45) is 5.73 Å². The number of amides is 1. The molecule has 0 saturated heterocycles. The van der Waals surface area contributed by atoms with Crippen molar-refractivity contribution in [1.29, 1.82) is 0 Å². The van der Waals surface area contributed by atoms with Crippen LogP contribution in [0.25, 0.3) is 0 Å². The van der Waals surface area contributed by atoms with Gasteiger partial charge in [-0.25, -0.2) is 4.98 Å². The lowest BCUT2D eigenvalue weighted by Crippen LogP contribution is -2.35. The maximum Gasteiger partial charge on any atom is 0.236 e. The Morgan fingerprint density at radius 2 is 2.28 bits per heavy atom. The summed E-state index contributed by atoms with van der Waals surface area (Å²) < 4.78 is 0. The molecule has 0 unspecified atom stereocenters. The number of carbonyl (C=O) groups is 1. The van der Waals surface area contributed by atoms with Crippen LogP contribution in [0, 0.1) is 0 Å². The average molecular weight is 251 g/mol. The first-order chi connectivity index (χ1) is 8.54. The zero-order valence-electron chi connectivity index (χ0n) is 11.0. The van der Waals surface area contributed by atoms with E-state index in [2.05, 4.69) is 11.9 Å². The van der Waals surface area contributed by atoms with Gasteiger partial charge in [-0.2, -0.15) is 0 Å². The molecule has 5 heteroatoms. The van der Waals surface area contributed by atoms with E-state index in [1.165, 1.54) is 0 Å². The molecule has 0 radical (unpaired) electrons. The molecule has 1 rings (SSSR count). The summed E-state index contributed by atoms with van der Waals surface area (Å²) in [6.07, 6.45) is 3.11. The minimum Gasteiger partial charge on any atom is -0.389 e. The molecule has 1 aromatic rings. The van der Waals surface area contributed by atoms with E-state index in [4.69, 9.17) is 5.73 Å². The van der Waals surface area contributed by atoms with Gasteiger partial charge in [0.15, 0.2) is 0 Å². The Hall–Kier alpha value is -1.62. The molecule has 100 valence electrons. The van der Waals surface area contributed by atoms with Crippen LogP contribution in [0.2, 0.25) is 0 Å². The fraction of sp³-hybridized carbons (Fsp3) is 0.538. The number of aliphatic hydroxyl groups is 1. The summed E-state index contributed by atoms with van der Waals surface area (Å²) in [6.45, 7) is 4.70. The number of pyridine rings is 1. The SMILES string of the molecule is CCCCN(CC(N)=O)c1ccc([C@@H](C)O)cn1. The number of aliphatic hydroxyl groups excluding tert-OH is 1. The molecule has 0 aromatic carbocycles. The second kappa shape index (κ2) is 6.96. The Kier molecular flexibility index (Phi) is 5.58. The number of rotatable bonds is 7. The van der Waals surface area contributed by atoms with E-state index in [0.29, 0.717) is 5.82 Å². The number of nitrogens with zero attached hydrogens (tertiary/aromatic N) is 2. The monoisotopic (exact) mass is 251 g/mol. The van der Waals surface area contributed by atoms with Crippen molar-refractivity contribution in [3.8, 4) is 0 Å². The number of hydrogen-bond donors (Lipinski definition) is 2. The highest BCUT2D eigenvalue weighted by atomic mass is 16.3. The highest BCUT2D eigenvalue weighted by molar-refractivity contribution is 5.79. The van der Waals surface area contributed by atoms with Gasteiger partial charge in [0, 0.05) is 12.7 Å². The summed E-state index contributed by atoms with van der Waals surface area (Å²) in [5, 5.41) is 9.41. The molecule has 0 fully saturated rings. The summed E-state index contributed by atoms with van der Waals surface area (Å²) in [6, 6.07) is 3.62. The number of unbranched alkanes of at least 4 members (excludes halogenated alkanes) is 1. The normalized spacial score (nSPS) is 12.2. The maximum atomic E-state index is 11.0. The summed E-state index contributed by atoms with van der Waals surface area (Å²) in [5.41, 5.74) is 5.99. The molecule has 0 aliphatic carbocycles. The third kappa shape index (κ3) is 4.33. The Morgan fingerprint density at radius 3 is 2.72 bits per heavy atom. The van der Waals surface area contributed by atoms with E-state index in [0.717, 1.165) is 24.9 Å². The third-order valence-electron chi connectivity index (χ3n) is 2.71. The van der Waals surface area contributed by atoms with Gasteiger partial charge in [-0.1, -0.05) is 19.4 Å². The van der Waals surface area contributed by atoms with Crippen molar-refractivity contribution < 1.29 is 9.90 Å². The molecule has 0 spiro atoms. The fourth-order valence-corrected chi connectivity index (χ4v) is 1.64. The first-order valence-electron chi connectivity index (χ1n) is 6.21. The number of carbonyl (C=O) groups excluding carboxylic acids is 1. The van der Waals surface area contributed by atoms with Crippen LogP contribution in [-0.2, 0) is 4.79 Å². The van der Waals surface area contributed by atoms with E-state index < -0.39 is 6.10 Å². The summed E-state index contributed by atoms with van der Waals surface area (Å²) in [7, 11) is 0. The van der Waals surface area contributed by atoms with Crippen LogP contribution in [0.3, 0.4) is 0 Å². The van der Waals surface area contributed by atoms with Gasteiger partial charge in [-0.15, -0.1) is 0 Å². The van der Waals surface area contributed by atoms with Crippen molar-refractivity contribution in [2.75, 3.05) is 18.0 Å². The molecule has 0 bridgehead atoms. The zero-order chi connectivity index (χ0) is 13.5. The Morgan fingerprint density at radius 1 is 1.56 bits per heavy atom. The molecule has 5 nitrogen and oxygen atoms in total. The van der Waals surface area contributed by atoms with Crippen molar-refractivity contribution >= 4 is 11.7 Å². The summed E-state index contributed by atoms with van der Waals surface area (Å²) in [4.78, 5) is 17.2. The topological polar surface area (TPSA) is 79.5 Å². The molecule has 1 atom stereocenters. The van der Waals surface area contributed by atoms with Gasteiger partial charge in [0.1, 0.15) is 5.82 Å². The number of hydrogen-bond acceptors (Lipinski definition) is 4. The Bertz CT molecular complexity index is 376. The van der Waals surface area contributed by atoms with Crippen LogP contribution in [0.4, 0.5) is 5.82 Å². The van der Waals surface area contributed by atoms with Crippen LogP contribution in [0.15, 0.2) is 18.3 Å². The first-order valence-corrected chi connectivity index (χ1v) is 6.21. The summed E-state index contributed by atoms with van der Waals surface area (Å²) in [5.74, 6) is 0.346. The molecule has 1 heterocycles. The quantitative estimate of drug-likeness (QED) is 0.763. The van der Waals surface area contributed by atoms with Gasteiger partial charge in [0.25, 0.3) is 0 Å². The zero-order valence-corrected chi connectivity index (χ0v) is 11.0. The largest absolute Gasteiger partial charge is 0.389 e. The number of primary amides is 1. The van der Waals surface area contributed by atoms with Crippen LogP contribution < -0.4 is 10.6 Å². The van der Waals surface area contributed by atoms with Crippen LogP contribution in [0.1, 0.15) is 38.4 Å². The molecule has 18 heavy (non-hydrogen) atoms. The molecule has 0 saturated carbocycles. The fourth-order valence-electron chi connectivity index (χ4n) is 1.64. The smallest absolute Gasteiger partial charge is 0.236 e. The molecule has 0 aliphatic rings. The highest BCUT2D eigenvalue weighted by Gasteiger charge is 2.11. The van der Waals surface area contributed by atoms with Crippen molar-refractivity contribution in [3.63, 3.8) is 0 Å². The third-order valence-corrected chi connectivity index (χ3v) is 2.71. The molecule has 1 amide bonds. The van der Waals surface area contributed by atoms with Gasteiger partial charge in [0.2, 0.25) is 5.91 Å². The van der Waals surface area contributed by atoms with Gasteiger partial charge < -0.3 is 15.7 Å². The van der Waals surface area contributed by atoms with Crippen LogP contribution >= 0.6 is 0 Å². The van der Waals surface area contributed by atoms with Gasteiger partial charge in [-0.05, 0) is 25.0 Å². The van der Waals surface area contributed by atoms with E-state index >= 15 is 0 Å². The lowest BCUT2D eigenvalue weighted by molar-refractivity contribution is -0.116. The van der Waals surface area contributed by atoms with E-state index in [9.17, 15) is 9.90 Å². The van der Waals surface area contributed by atoms with E-state index in [1.54, 1.807) is 19.2 Å². The highest BCUT2D eigenvalue weighted by Crippen LogP contribution is 2.16. The number of aromatic nitrogens is 1. The van der Waals surface area contributed by atoms with Gasteiger partial charge in [0.05, 0.1) is 12.6 Å². The van der Waals surface area contributed by atoms with Crippen LogP contribution in [-0.4, -0.2) is 29.1 Å². The number of nitrogens with two attached hydrogens (primary N) is 1. The van der Waals surface area contributed by atoms with Crippen molar-refractivity contribution in [3.05, 3.63) is 23.9 Å².